The molecule has 0 saturated heterocycles. The van der Waals surface area contributed by atoms with Crippen LogP contribution in [0.4, 0.5) is 13.2 Å². The van der Waals surface area contributed by atoms with E-state index in [1.165, 1.54) is 12.1 Å². The van der Waals surface area contributed by atoms with Crippen molar-refractivity contribution in [1.29, 1.82) is 0 Å². The lowest BCUT2D eigenvalue weighted by molar-refractivity contribution is -0.136. The maximum atomic E-state index is 11.8. The van der Waals surface area contributed by atoms with Gasteiger partial charge in [0.15, 0.2) is 0 Å². The predicted octanol–water partition coefficient (Wildman–Crippen LogP) is 3.04. The number of alkyl halides is 3. The summed E-state index contributed by atoms with van der Waals surface area (Å²) in [6, 6.07) is 5.89. The van der Waals surface area contributed by atoms with Gasteiger partial charge in [-0.2, -0.15) is 21.6 Å². The summed E-state index contributed by atoms with van der Waals surface area (Å²) in [5.41, 5.74) is 0.881. The Bertz CT molecular complexity index is 477. The molecule has 0 N–H and O–H groups in total. The van der Waals surface area contributed by atoms with Crippen LogP contribution < -0.4 is 0 Å². The van der Waals surface area contributed by atoms with Crippen molar-refractivity contribution in [3.05, 3.63) is 29.8 Å². The highest BCUT2D eigenvalue weighted by Crippen LogP contribution is 2.22. The second-order valence-electron chi connectivity index (χ2n) is 3.81. The summed E-state index contributed by atoms with van der Waals surface area (Å²) in [6.07, 6.45) is -5.73. The second kappa shape index (κ2) is 5.71. The first-order chi connectivity index (χ1) is 8.21. The van der Waals surface area contributed by atoms with Gasteiger partial charge in [0.1, 0.15) is 0 Å². The van der Waals surface area contributed by atoms with Gasteiger partial charge >= 0.3 is 6.18 Å². The Labute approximate surface area is 104 Å². The van der Waals surface area contributed by atoms with Crippen LogP contribution in [0.15, 0.2) is 29.2 Å². The molecule has 0 spiro atoms. The van der Waals surface area contributed by atoms with E-state index < -0.39 is 29.3 Å². The molecular formula is C11H13F3O3S. The van der Waals surface area contributed by atoms with Gasteiger partial charge in [0.2, 0.25) is 0 Å². The van der Waals surface area contributed by atoms with Gasteiger partial charge in [0.25, 0.3) is 10.1 Å². The zero-order valence-corrected chi connectivity index (χ0v) is 10.5. The summed E-state index contributed by atoms with van der Waals surface area (Å²) in [4.78, 5) is -0.0555. The van der Waals surface area contributed by atoms with Gasteiger partial charge in [-0.15, -0.1) is 0 Å². The van der Waals surface area contributed by atoms with Gasteiger partial charge < -0.3 is 0 Å². The molecule has 0 saturated carbocycles. The lowest BCUT2D eigenvalue weighted by Gasteiger charge is -2.07. The quantitative estimate of drug-likeness (QED) is 0.616. The highest BCUT2D eigenvalue weighted by Gasteiger charge is 2.26. The van der Waals surface area contributed by atoms with E-state index in [0.717, 1.165) is 5.56 Å². The zero-order valence-electron chi connectivity index (χ0n) is 9.70. The summed E-state index contributed by atoms with van der Waals surface area (Å²) in [5.74, 6) is 0. The normalized spacial score (nSPS) is 12.7. The number of rotatable bonds is 5. The molecule has 0 aromatic heterocycles. The standard InChI is InChI=1S/C11H13F3O3S/c1-9-3-5-10(6-4-9)18(15,16)17-8-2-7-11(12,13)14/h3-6H,2,7-8H2,1H3. The predicted molar refractivity (Wildman–Crippen MR) is 59.6 cm³/mol. The van der Waals surface area contributed by atoms with E-state index in [9.17, 15) is 21.6 Å². The van der Waals surface area contributed by atoms with E-state index in [-0.39, 0.29) is 11.3 Å². The molecule has 0 amide bonds. The van der Waals surface area contributed by atoms with E-state index in [0.29, 0.717) is 0 Å². The minimum Gasteiger partial charge on any atom is -0.266 e. The van der Waals surface area contributed by atoms with Gasteiger partial charge in [0, 0.05) is 6.42 Å². The fraction of sp³-hybridized carbons (Fsp3) is 0.455. The highest BCUT2D eigenvalue weighted by molar-refractivity contribution is 7.86. The molecule has 0 aliphatic rings. The molecule has 1 aromatic carbocycles. The van der Waals surface area contributed by atoms with Crippen LogP contribution in [0.1, 0.15) is 18.4 Å². The first-order valence-electron chi connectivity index (χ1n) is 5.23. The van der Waals surface area contributed by atoms with E-state index in [1.54, 1.807) is 19.1 Å². The topological polar surface area (TPSA) is 43.4 Å². The van der Waals surface area contributed by atoms with Crippen LogP contribution in [-0.4, -0.2) is 21.2 Å². The smallest absolute Gasteiger partial charge is 0.266 e. The Balaban J connectivity index is 2.53. The average Bonchev–Trinajstić information content (AvgIpc) is 2.24. The number of benzene rings is 1. The van der Waals surface area contributed by atoms with Crippen LogP contribution in [0.2, 0.25) is 0 Å². The fourth-order valence-electron chi connectivity index (χ4n) is 1.21. The van der Waals surface area contributed by atoms with Gasteiger partial charge in [0.05, 0.1) is 11.5 Å². The lowest BCUT2D eigenvalue weighted by Crippen LogP contribution is -2.12. The Morgan fingerprint density at radius 1 is 1.17 bits per heavy atom. The van der Waals surface area contributed by atoms with Crippen molar-refractivity contribution >= 4 is 10.1 Å². The molecule has 0 fully saturated rings. The molecule has 0 bridgehead atoms. The summed E-state index contributed by atoms with van der Waals surface area (Å²) >= 11 is 0. The van der Waals surface area contributed by atoms with Crippen molar-refractivity contribution < 1.29 is 25.8 Å². The second-order valence-corrected chi connectivity index (χ2v) is 5.42. The first-order valence-corrected chi connectivity index (χ1v) is 6.64. The van der Waals surface area contributed by atoms with Gasteiger partial charge in [-0.1, -0.05) is 17.7 Å². The van der Waals surface area contributed by atoms with E-state index in [4.69, 9.17) is 0 Å². The SMILES string of the molecule is Cc1ccc(S(=O)(=O)OCCCC(F)(F)F)cc1. The highest BCUT2D eigenvalue weighted by atomic mass is 32.2. The van der Waals surface area contributed by atoms with Crippen molar-refractivity contribution in [3.63, 3.8) is 0 Å². The molecule has 0 aliphatic carbocycles. The number of hydrogen-bond donors (Lipinski definition) is 0. The maximum absolute atomic E-state index is 11.8. The van der Waals surface area contributed by atoms with Crippen molar-refractivity contribution in [2.24, 2.45) is 0 Å². The van der Waals surface area contributed by atoms with Crippen molar-refractivity contribution in [2.45, 2.75) is 30.8 Å². The maximum Gasteiger partial charge on any atom is 0.389 e. The fourth-order valence-corrected chi connectivity index (χ4v) is 2.16. The molecule has 1 rings (SSSR count). The van der Waals surface area contributed by atoms with Crippen molar-refractivity contribution in [1.82, 2.24) is 0 Å². The van der Waals surface area contributed by atoms with Gasteiger partial charge in [-0.3, -0.25) is 4.18 Å². The monoisotopic (exact) mass is 282 g/mol. The van der Waals surface area contributed by atoms with Crippen LogP contribution >= 0.6 is 0 Å². The largest absolute Gasteiger partial charge is 0.389 e. The summed E-state index contributed by atoms with van der Waals surface area (Å²) in [7, 11) is -3.96. The molecule has 0 aliphatic heterocycles. The molecule has 0 heterocycles. The lowest BCUT2D eigenvalue weighted by atomic mass is 10.2. The molecule has 0 unspecified atom stereocenters. The molecule has 7 heteroatoms. The summed E-state index contributed by atoms with van der Waals surface area (Å²) in [6.45, 7) is 1.32. The molecule has 1 aromatic rings. The molecule has 0 atom stereocenters. The van der Waals surface area contributed by atoms with Crippen molar-refractivity contribution in [3.8, 4) is 0 Å². The molecular weight excluding hydrogens is 269 g/mol. The molecule has 18 heavy (non-hydrogen) atoms. The number of hydrogen-bond acceptors (Lipinski definition) is 3. The Morgan fingerprint density at radius 2 is 1.72 bits per heavy atom. The van der Waals surface area contributed by atoms with Gasteiger partial charge in [-0.25, -0.2) is 0 Å². The first kappa shape index (κ1) is 15.0. The van der Waals surface area contributed by atoms with Gasteiger partial charge in [-0.05, 0) is 25.5 Å². The van der Waals surface area contributed by atoms with Crippen LogP contribution in [0.3, 0.4) is 0 Å². The minimum absolute atomic E-state index is 0.0555. The third-order valence-electron chi connectivity index (χ3n) is 2.15. The Kier molecular flexibility index (Phi) is 4.75. The summed E-state index contributed by atoms with van der Waals surface area (Å²) < 4.78 is 63.2. The van der Waals surface area contributed by atoms with E-state index in [2.05, 4.69) is 4.18 Å². The molecule has 0 radical (unpaired) electrons. The number of halogens is 3. The molecule has 3 nitrogen and oxygen atoms in total. The minimum atomic E-state index is -4.29. The van der Waals surface area contributed by atoms with Crippen LogP contribution in [-0.2, 0) is 14.3 Å². The summed E-state index contributed by atoms with van der Waals surface area (Å²) in [5, 5.41) is 0. The van der Waals surface area contributed by atoms with Crippen molar-refractivity contribution in [2.75, 3.05) is 6.61 Å². The number of aryl methyl sites for hydroxylation is 1. The van der Waals surface area contributed by atoms with E-state index >= 15 is 0 Å². The Morgan fingerprint density at radius 3 is 2.22 bits per heavy atom. The van der Waals surface area contributed by atoms with E-state index in [1.807, 2.05) is 0 Å². The van der Waals surface area contributed by atoms with Crippen LogP contribution in [0, 0.1) is 6.92 Å². The molecule has 102 valence electrons. The average molecular weight is 282 g/mol. The Hall–Kier alpha value is -1.08. The third-order valence-corrected chi connectivity index (χ3v) is 3.48. The third kappa shape index (κ3) is 5.05. The van der Waals surface area contributed by atoms with Crippen LogP contribution in [0.25, 0.3) is 0 Å². The zero-order chi connectivity index (χ0) is 13.8. The van der Waals surface area contributed by atoms with Crippen LogP contribution in [0.5, 0.6) is 0 Å².